The molecule has 0 bridgehead atoms. The zero-order chi connectivity index (χ0) is 15.7. The monoisotopic (exact) mass is 287 g/mol. The molecule has 3 N–H and O–H groups in total. The van der Waals surface area contributed by atoms with Gasteiger partial charge in [0.15, 0.2) is 6.29 Å². The van der Waals surface area contributed by atoms with Crippen LogP contribution >= 0.6 is 0 Å². The van der Waals surface area contributed by atoms with Crippen molar-refractivity contribution in [3.63, 3.8) is 0 Å². The molecule has 0 radical (unpaired) electrons. The fourth-order valence-electron chi connectivity index (χ4n) is 1.75. The van der Waals surface area contributed by atoms with Gasteiger partial charge in [-0.15, -0.1) is 0 Å². The summed E-state index contributed by atoms with van der Waals surface area (Å²) in [6.45, 7) is 3.57. The lowest BCUT2D eigenvalue weighted by molar-refractivity contribution is -0.116. The molecule has 1 rings (SSSR count). The predicted octanol–water partition coefficient (Wildman–Crippen LogP) is 2.53. The van der Waals surface area contributed by atoms with Crippen LogP contribution in [0.5, 0.6) is 0 Å². The van der Waals surface area contributed by atoms with Gasteiger partial charge < -0.3 is 15.6 Å². The highest BCUT2D eigenvalue weighted by atomic mass is 16.1. The molecule has 1 aromatic heterocycles. The molecular weight excluding hydrogens is 266 g/mol. The zero-order valence-electron chi connectivity index (χ0n) is 12.2. The Bertz CT molecular complexity index is 568. The molecule has 21 heavy (non-hydrogen) atoms. The molecule has 1 aromatic rings. The Labute approximate surface area is 124 Å². The molecule has 0 atom stereocenters. The summed E-state index contributed by atoms with van der Waals surface area (Å²) in [7, 11) is 1.73. The minimum absolute atomic E-state index is 0.112. The second-order valence-corrected chi connectivity index (χ2v) is 4.55. The first kappa shape index (κ1) is 16.5. The Hall–Kier alpha value is -2.56. The van der Waals surface area contributed by atoms with Crippen LogP contribution in [0.3, 0.4) is 0 Å². The van der Waals surface area contributed by atoms with Crippen LogP contribution in [0.15, 0.2) is 48.7 Å². The van der Waals surface area contributed by atoms with E-state index in [-0.39, 0.29) is 5.91 Å². The molecule has 0 unspecified atom stereocenters. The number of hydrogen-bond donors (Lipinski definition) is 2. The van der Waals surface area contributed by atoms with Gasteiger partial charge in [-0.3, -0.25) is 9.59 Å². The SMILES string of the molecule is C=C/C=C\C/C(N)=C\CCC(=O)Nc1ccc(C=O)n1C. The van der Waals surface area contributed by atoms with E-state index >= 15 is 0 Å². The van der Waals surface area contributed by atoms with E-state index in [1.165, 1.54) is 0 Å². The van der Waals surface area contributed by atoms with Crippen LogP contribution in [0.4, 0.5) is 5.82 Å². The van der Waals surface area contributed by atoms with Crippen LogP contribution in [0.25, 0.3) is 0 Å². The van der Waals surface area contributed by atoms with E-state index in [1.54, 1.807) is 29.8 Å². The average molecular weight is 287 g/mol. The normalized spacial score (nSPS) is 11.6. The number of carbonyl (C=O) groups excluding carboxylic acids is 2. The summed E-state index contributed by atoms with van der Waals surface area (Å²) in [5.74, 6) is 0.493. The van der Waals surface area contributed by atoms with Crippen molar-refractivity contribution >= 4 is 18.0 Å². The lowest BCUT2D eigenvalue weighted by atomic mass is 10.2. The van der Waals surface area contributed by atoms with Crippen LogP contribution in [0, 0.1) is 0 Å². The number of carbonyl (C=O) groups is 2. The van der Waals surface area contributed by atoms with Gasteiger partial charge in [0.25, 0.3) is 0 Å². The molecule has 1 heterocycles. The van der Waals surface area contributed by atoms with Crippen LogP contribution in [0.1, 0.15) is 29.8 Å². The minimum atomic E-state index is -0.112. The Balaban J connectivity index is 2.42. The highest BCUT2D eigenvalue weighted by Gasteiger charge is 2.07. The van der Waals surface area contributed by atoms with Crippen molar-refractivity contribution in [1.29, 1.82) is 0 Å². The maximum atomic E-state index is 11.8. The zero-order valence-corrected chi connectivity index (χ0v) is 12.2. The summed E-state index contributed by atoms with van der Waals surface area (Å²) < 4.78 is 1.63. The van der Waals surface area contributed by atoms with Crippen molar-refractivity contribution < 1.29 is 9.59 Å². The van der Waals surface area contributed by atoms with Crippen molar-refractivity contribution in [2.24, 2.45) is 12.8 Å². The van der Waals surface area contributed by atoms with E-state index in [2.05, 4.69) is 11.9 Å². The Morgan fingerprint density at radius 2 is 2.24 bits per heavy atom. The van der Waals surface area contributed by atoms with Gasteiger partial charge in [0.05, 0.1) is 5.69 Å². The van der Waals surface area contributed by atoms with Gasteiger partial charge >= 0.3 is 0 Å². The van der Waals surface area contributed by atoms with Crippen LogP contribution < -0.4 is 11.1 Å². The molecule has 5 heteroatoms. The van der Waals surface area contributed by atoms with Crippen molar-refractivity contribution in [2.75, 3.05) is 5.32 Å². The molecule has 5 nitrogen and oxygen atoms in total. The summed E-state index contributed by atoms with van der Waals surface area (Å²) in [4.78, 5) is 22.5. The first-order valence-electron chi connectivity index (χ1n) is 6.71. The number of amides is 1. The Morgan fingerprint density at radius 3 is 2.86 bits per heavy atom. The van der Waals surface area contributed by atoms with E-state index in [1.807, 2.05) is 18.2 Å². The van der Waals surface area contributed by atoms with Crippen molar-refractivity contribution in [1.82, 2.24) is 4.57 Å². The van der Waals surface area contributed by atoms with Gasteiger partial charge in [0.2, 0.25) is 5.91 Å². The van der Waals surface area contributed by atoms with Crippen molar-refractivity contribution in [2.45, 2.75) is 19.3 Å². The van der Waals surface area contributed by atoms with E-state index in [0.717, 1.165) is 12.0 Å². The van der Waals surface area contributed by atoms with Crippen LogP contribution in [-0.2, 0) is 11.8 Å². The van der Waals surface area contributed by atoms with Crippen LogP contribution in [-0.4, -0.2) is 16.8 Å². The third-order valence-electron chi connectivity index (χ3n) is 2.95. The van der Waals surface area contributed by atoms with Gasteiger partial charge in [-0.2, -0.15) is 0 Å². The van der Waals surface area contributed by atoms with Crippen LogP contribution in [0.2, 0.25) is 0 Å². The molecule has 112 valence electrons. The average Bonchev–Trinajstić information content (AvgIpc) is 2.80. The molecular formula is C16H21N3O2. The van der Waals surface area contributed by atoms with E-state index in [4.69, 9.17) is 5.73 Å². The van der Waals surface area contributed by atoms with Gasteiger partial charge in [-0.05, 0) is 18.6 Å². The Morgan fingerprint density at radius 1 is 1.48 bits per heavy atom. The smallest absolute Gasteiger partial charge is 0.225 e. The fourth-order valence-corrected chi connectivity index (χ4v) is 1.75. The first-order valence-corrected chi connectivity index (χ1v) is 6.71. The van der Waals surface area contributed by atoms with Gasteiger partial charge in [0, 0.05) is 25.6 Å². The maximum Gasteiger partial charge on any atom is 0.225 e. The number of rotatable bonds is 8. The lowest BCUT2D eigenvalue weighted by Gasteiger charge is -2.06. The van der Waals surface area contributed by atoms with Crippen molar-refractivity contribution in [3.8, 4) is 0 Å². The number of nitrogens with one attached hydrogen (secondary N) is 1. The fraction of sp³-hybridized carbons (Fsp3) is 0.250. The summed E-state index contributed by atoms with van der Waals surface area (Å²) in [5.41, 5.74) is 7.04. The summed E-state index contributed by atoms with van der Waals surface area (Å²) in [5, 5.41) is 2.76. The van der Waals surface area contributed by atoms with E-state index in [0.29, 0.717) is 30.8 Å². The summed E-state index contributed by atoms with van der Waals surface area (Å²) in [6.07, 6.45) is 9.57. The lowest BCUT2D eigenvalue weighted by Crippen LogP contribution is -2.14. The third-order valence-corrected chi connectivity index (χ3v) is 2.95. The largest absolute Gasteiger partial charge is 0.402 e. The Kier molecular flexibility index (Phi) is 6.74. The number of allylic oxidation sites excluding steroid dienone is 4. The number of aldehydes is 1. The highest BCUT2D eigenvalue weighted by molar-refractivity contribution is 5.90. The number of aromatic nitrogens is 1. The number of nitrogens with two attached hydrogens (primary N) is 1. The molecule has 0 saturated heterocycles. The third kappa shape index (κ3) is 5.52. The number of anilines is 1. The van der Waals surface area contributed by atoms with Crippen molar-refractivity contribution in [3.05, 3.63) is 54.4 Å². The topological polar surface area (TPSA) is 77.1 Å². The molecule has 0 aliphatic heterocycles. The molecule has 0 aliphatic carbocycles. The number of hydrogen-bond acceptors (Lipinski definition) is 3. The predicted molar refractivity (Wildman–Crippen MR) is 84.9 cm³/mol. The highest BCUT2D eigenvalue weighted by Crippen LogP contribution is 2.11. The van der Waals surface area contributed by atoms with Gasteiger partial charge in [-0.25, -0.2) is 0 Å². The molecule has 1 amide bonds. The summed E-state index contributed by atoms with van der Waals surface area (Å²) in [6, 6.07) is 3.36. The maximum absolute atomic E-state index is 11.8. The second-order valence-electron chi connectivity index (χ2n) is 4.55. The molecule has 0 saturated carbocycles. The van der Waals surface area contributed by atoms with E-state index in [9.17, 15) is 9.59 Å². The second kappa shape index (κ2) is 8.58. The van der Waals surface area contributed by atoms with Gasteiger partial charge in [0.1, 0.15) is 5.82 Å². The first-order chi connectivity index (χ1) is 10.1. The summed E-state index contributed by atoms with van der Waals surface area (Å²) >= 11 is 0. The van der Waals surface area contributed by atoms with E-state index < -0.39 is 0 Å². The molecule has 0 aliphatic rings. The standard InChI is InChI=1S/C16H21N3O2/c1-3-4-5-7-13(17)8-6-9-16(21)18-15-11-10-14(12-20)19(15)2/h3-5,8,10-12H,1,6-7,9,17H2,2H3,(H,18,21)/b5-4-,13-8+. The quantitative estimate of drug-likeness (QED) is 0.569. The van der Waals surface area contributed by atoms with Gasteiger partial charge in [-0.1, -0.05) is 30.9 Å². The molecule has 0 spiro atoms. The molecule has 0 aromatic carbocycles. The minimum Gasteiger partial charge on any atom is -0.402 e. The number of nitrogens with zero attached hydrogens (tertiary/aromatic N) is 1. The molecule has 0 fully saturated rings.